The molecule has 0 saturated heterocycles. The van der Waals surface area contributed by atoms with Gasteiger partial charge in [-0.1, -0.05) is 55.4 Å². The summed E-state index contributed by atoms with van der Waals surface area (Å²) in [4.78, 5) is 12.9. The Morgan fingerprint density at radius 2 is 1.73 bits per heavy atom. The number of unbranched alkanes of at least 4 members (excludes halogenated alkanes) is 1. The maximum atomic E-state index is 12.9. The molecule has 1 atom stereocenters. The molecule has 0 spiro atoms. The van der Waals surface area contributed by atoms with Gasteiger partial charge in [-0.15, -0.1) is 0 Å². The van der Waals surface area contributed by atoms with Crippen LogP contribution in [0.4, 0.5) is 0 Å². The van der Waals surface area contributed by atoms with Gasteiger partial charge in [-0.3, -0.25) is 4.79 Å². The number of phenolic OH excluding ortho intramolecular Hbond substituents is 1. The molecule has 1 aromatic rings. The van der Waals surface area contributed by atoms with Gasteiger partial charge >= 0.3 is 0 Å². The van der Waals surface area contributed by atoms with Gasteiger partial charge in [0, 0.05) is 18.1 Å². The fourth-order valence-electron chi connectivity index (χ4n) is 3.11. The number of carbonyl (C=O) groups is 1. The van der Waals surface area contributed by atoms with Crippen LogP contribution in [0, 0.1) is 5.92 Å². The van der Waals surface area contributed by atoms with Crippen molar-refractivity contribution in [2.24, 2.45) is 5.92 Å². The third kappa shape index (κ3) is 11.1. The first-order valence-corrected chi connectivity index (χ1v) is 12.0. The van der Waals surface area contributed by atoms with Gasteiger partial charge in [0.1, 0.15) is 36.0 Å². The minimum atomic E-state index is -0.201. The van der Waals surface area contributed by atoms with E-state index in [0.29, 0.717) is 31.1 Å². The predicted molar refractivity (Wildman–Crippen MR) is 138 cm³/mol. The number of hydrogen-bond acceptors (Lipinski definition) is 4. The van der Waals surface area contributed by atoms with Gasteiger partial charge in [0.2, 0.25) is 0 Å². The summed E-state index contributed by atoms with van der Waals surface area (Å²) in [5, 5.41) is 10.6. The molecule has 0 unspecified atom stereocenters. The van der Waals surface area contributed by atoms with E-state index < -0.39 is 0 Å². The molecule has 4 nitrogen and oxygen atoms in total. The quantitative estimate of drug-likeness (QED) is 0.166. The Morgan fingerprint density at radius 1 is 1.00 bits per heavy atom. The van der Waals surface area contributed by atoms with Gasteiger partial charge in [-0.2, -0.15) is 0 Å². The molecule has 0 fully saturated rings. The Hall–Kier alpha value is -2.75. The number of hydrogen-bond donors (Lipinski definition) is 1. The molecule has 0 heterocycles. The van der Waals surface area contributed by atoms with E-state index in [1.165, 1.54) is 17.2 Å². The minimum Gasteiger partial charge on any atom is -0.507 e. The molecule has 1 N–H and O–H groups in total. The molecule has 33 heavy (non-hydrogen) atoms. The number of benzene rings is 1. The Morgan fingerprint density at radius 3 is 2.39 bits per heavy atom. The zero-order valence-corrected chi connectivity index (χ0v) is 21.3. The number of aromatic hydroxyl groups is 1. The van der Waals surface area contributed by atoms with E-state index in [1.807, 2.05) is 39.0 Å². The Labute approximate surface area is 200 Å². The number of Topliss-reactive ketones (excluding diaryl/α,β-unsaturated/α-hetero) is 1. The van der Waals surface area contributed by atoms with Gasteiger partial charge in [-0.25, -0.2) is 0 Å². The molecular formula is C29H42O4. The lowest BCUT2D eigenvalue weighted by Gasteiger charge is -2.16. The van der Waals surface area contributed by atoms with E-state index in [0.717, 1.165) is 25.7 Å². The van der Waals surface area contributed by atoms with Crippen LogP contribution in [0.25, 0.3) is 0 Å². The van der Waals surface area contributed by atoms with Crippen LogP contribution in [0.1, 0.15) is 84.0 Å². The lowest BCUT2D eigenvalue weighted by atomic mass is 9.95. The topological polar surface area (TPSA) is 55.8 Å². The first kappa shape index (κ1) is 28.3. The second-order valence-electron chi connectivity index (χ2n) is 8.60. The van der Waals surface area contributed by atoms with Gasteiger partial charge in [0.05, 0.1) is 0 Å². The summed E-state index contributed by atoms with van der Waals surface area (Å²) in [7, 11) is 0. The molecular weight excluding hydrogens is 412 g/mol. The fourth-order valence-corrected chi connectivity index (χ4v) is 3.11. The summed E-state index contributed by atoms with van der Waals surface area (Å²) in [5.41, 5.74) is 2.80. The van der Waals surface area contributed by atoms with Gasteiger partial charge < -0.3 is 14.6 Å². The van der Waals surface area contributed by atoms with Crippen molar-refractivity contribution < 1.29 is 19.4 Å². The van der Waals surface area contributed by atoms with Crippen LogP contribution in [0.3, 0.4) is 0 Å². The van der Waals surface area contributed by atoms with Crippen LogP contribution in [0.5, 0.6) is 17.2 Å². The molecule has 0 radical (unpaired) electrons. The summed E-state index contributed by atoms with van der Waals surface area (Å²) in [6.07, 6.45) is 17.0. The smallest absolute Gasteiger partial charge is 0.173 e. The van der Waals surface area contributed by atoms with E-state index in [2.05, 4.69) is 39.0 Å². The third-order valence-corrected chi connectivity index (χ3v) is 5.37. The predicted octanol–water partition coefficient (Wildman–Crippen LogP) is 7.98. The molecule has 4 heteroatoms. The van der Waals surface area contributed by atoms with E-state index >= 15 is 0 Å². The van der Waals surface area contributed by atoms with Crippen molar-refractivity contribution in [3.8, 4) is 17.2 Å². The number of allylic oxidation sites excluding steroid dienone is 6. The van der Waals surface area contributed by atoms with Crippen molar-refractivity contribution in [1.29, 1.82) is 0 Å². The van der Waals surface area contributed by atoms with Crippen LogP contribution < -0.4 is 9.47 Å². The molecule has 0 aliphatic rings. The summed E-state index contributed by atoms with van der Waals surface area (Å²) in [6.45, 7) is 12.8. The van der Waals surface area contributed by atoms with Crippen molar-refractivity contribution >= 4 is 5.78 Å². The number of ketones is 1. The molecule has 1 aromatic carbocycles. The maximum Gasteiger partial charge on any atom is 0.173 e. The molecule has 0 amide bonds. The fraction of sp³-hybridized carbons (Fsp3) is 0.483. The van der Waals surface area contributed by atoms with Crippen molar-refractivity contribution in [2.45, 2.75) is 73.6 Å². The average Bonchev–Trinajstić information content (AvgIpc) is 2.77. The number of rotatable bonds is 15. The van der Waals surface area contributed by atoms with Crippen LogP contribution >= 0.6 is 0 Å². The van der Waals surface area contributed by atoms with Gasteiger partial charge in [-0.05, 0) is 65.9 Å². The zero-order valence-electron chi connectivity index (χ0n) is 21.3. The molecule has 0 aliphatic heterocycles. The van der Waals surface area contributed by atoms with Crippen LogP contribution in [0.15, 0.2) is 59.7 Å². The second-order valence-corrected chi connectivity index (χ2v) is 8.60. The molecule has 1 rings (SSSR count). The normalized spacial score (nSPS) is 12.8. The average molecular weight is 455 g/mol. The minimum absolute atomic E-state index is 0.103. The van der Waals surface area contributed by atoms with Crippen LogP contribution in [-0.4, -0.2) is 24.1 Å². The largest absolute Gasteiger partial charge is 0.507 e. The number of carbonyl (C=O) groups excluding carboxylic acids is 1. The van der Waals surface area contributed by atoms with Gasteiger partial charge in [0.15, 0.2) is 5.78 Å². The first-order valence-electron chi connectivity index (χ1n) is 12.0. The van der Waals surface area contributed by atoms with Crippen molar-refractivity contribution in [1.82, 2.24) is 0 Å². The number of phenols is 1. The van der Waals surface area contributed by atoms with Gasteiger partial charge in [0.25, 0.3) is 0 Å². The Balaban J connectivity index is 2.93. The highest BCUT2D eigenvalue weighted by Gasteiger charge is 2.23. The lowest BCUT2D eigenvalue weighted by molar-refractivity contribution is 0.0920. The van der Waals surface area contributed by atoms with Crippen LogP contribution in [0.2, 0.25) is 0 Å². The monoisotopic (exact) mass is 454 g/mol. The summed E-state index contributed by atoms with van der Waals surface area (Å²) in [6, 6.07) is 3.21. The van der Waals surface area contributed by atoms with E-state index in [1.54, 1.807) is 6.07 Å². The zero-order chi connectivity index (χ0) is 24.6. The highest BCUT2D eigenvalue weighted by molar-refractivity contribution is 6.02. The van der Waals surface area contributed by atoms with E-state index in [4.69, 9.17) is 9.47 Å². The standard InChI is InChI=1S/C29H42O4/c1-7-9-10-11-12-13-18-33-27-21-25(20-26(30)28(27)29(31)24(6)8-2)32-19-17-23(5)16-14-15-22(3)4/h7,9,12-13,15,17,20-21,24,30H,8,10-11,14,16,18-19H2,1-6H3/b9-7+,13-12+,23-17+/t24-/m0/s1. The molecule has 182 valence electrons. The summed E-state index contributed by atoms with van der Waals surface area (Å²) in [5.74, 6) is 0.414. The van der Waals surface area contributed by atoms with Crippen molar-refractivity contribution in [3.05, 3.63) is 65.3 Å². The van der Waals surface area contributed by atoms with Crippen molar-refractivity contribution in [3.63, 3.8) is 0 Å². The lowest BCUT2D eigenvalue weighted by Crippen LogP contribution is -2.13. The molecule has 0 bridgehead atoms. The highest BCUT2D eigenvalue weighted by Crippen LogP contribution is 2.36. The van der Waals surface area contributed by atoms with E-state index in [-0.39, 0.29) is 23.0 Å². The molecule has 0 aliphatic carbocycles. The third-order valence-electron chi connectivity index (χ3n) is 5.37. The highest BCUT2D eigenvalue weighted by atomic mass is 16.5. The number of ether oxygens (including phenoxy) is 2. The maximum absolute atomic E-state index is 12.9. The Kier molecular flexibility index (Phi) is 13.7. The summed E-state index contributed by atoms with van der Waals surface area (Å²) < 4.78 is 11.7. The SMILES string of the molecule is C/C=C/CC/C=C/COc1cc(OC/C=C(\C)CCC=C(C)C)cc(O)c1C(=O)[C@@H](C)CC. The van der Waals surface area contributed by atoms with Crippen molar-refractivity contribution in [2.75, 3.05) is 13.2 Å². The molecule has 0 saturated carbocycles. The second kappa shape index (κ2) is 16.0. The summed E-state index contributed by atoms with van der Waals surface area (Å²) >= 11 is 0. The van der Waals surface area contributed by atoms with Crippen LogP contribution in [-0.2, 0) is 0 Å². The Bertz CT molecular complexity index is 855. The first-order chi connectivity index (χ1) is 15.8. The molecule has 0 aromatic heterocycles. The van der Waals surface area contributed by atoms with E-state index in [9.17, 15) is 9.90 Å².